The molecule has 2 atom stereocenters. The van der Waals surface area contributed by atoms with Crippen LogP contribution in [0.4, 0.5) is 0 Å². The Bertz CT molecular complexity index is 474. The summed E-state index contributed by atoms with van der Waals surface area (Å²) >= 11 is 0. The van der Waals surface area contributed by atoms with Gasteiger partial charge in [-0.3, -0.25) is 0 Å². The number of rotatable bonds is 3. The van der Waals surface area contributed by atoms with Crippen LogP contribution in [0.3, 0.4) is 0 Å². The van der Waals surface area contributed by atoms with Crippen LogP contribution in [-0.4, -0.2) is 30.6 Å². The van der Waals surface area contributed by atoms with E-state index in [9.17, 15) is 0 Å². The van der Waals surface area contributed by atoms with Gasteiger partial charge in [0.25, 0.3) is 0 Å². The number of nitrogens with two attached hydrogens (primary N) is 1. The van der Waals surface area contributed by atoms with Crippen LogP contribution in [0.2, 0.25) is 0 Å². The van der Waals surface area contributed by atoms with E-state index in [1.54, 1.807) is 11.1 Å². The Labute approximate surface area is 129 Å². The highest BCUT2D eigenvalue weighted by Gasteiger charge is 2.26. The van der Waals surface area contributed by atoms with E-state index in [1.165, 1.54) is 57.3 Å². The topological polar surface area (TPSA) is 29.3 Å². The van der Waals surface area contributed by atoms with Gasteiger partial charge in [-0.1, -0.05) is 30.7 Å². The Hall–Kier alpha value is -0.860. The molecule has 1 aromatic carbocycles. The van der Waals surface area contributed by atoms with Crippen LogP contribution in [-0.2, 0) is 6.42 Å². The molecular weight excluding hydrogens is 256 g/mol. The second kappa shape index (κ2) is 6.50. The lowest BCUT2D eigenvalue weighted by atomic mass is 9.74. The smallest absolute Gasteiger partial charge is 0.00631 e. The zero-order valence-electron chi connectivity index (χ0n) is 13.6. The second-order valence-electron chi connectivity index (χ2n) is 7.26. The van der Waals surface area contributed by atoms with E-state index in [1.807, 2.05) is 0 Å². The summed E-state index contributed by atoms with van der Waals surface area (Å²) < 4.78 is 0. The molecule has 0 amide bonds. The molecule has 1 aromatic rings. The molecule has 0 spiro atoms. The average molecular weight is 286 g/mol. The molecule has 2 heteroatoms. The van der Waals surface area contributed by atoms with Crippen molar-refractivity contribution in [3.63, 3.8) is 0 Å². The molecule has 1 aliphatic carbocycles. The van der Waals surface area contributed by atoms with Crippen LogP contribution in [0.25, 0.3) is 0 Å². The molecule has 0 radical (unpaired) electrons. The molecule has 116 valence electrons. The number of fused-ring (bicyclic) bond motifs is 1. The molecule has 3 rings (SSSR count). The van der Waals surface area contributed by atoms with E-state index in [0.717, 1.165) is 11.8 Å². The Morgan fingerprint density at radius 2 is 1.95 bits per heavy atom. The molecule has 1 heterocycles. The SMILES string of the molecule is Cc1ccc2c(c1)CCC(CCN1CCC(N)CC1)C2C. The normalized spacial score (nSPS) is 27.6. The van der Waals surface area contributed by atoms with Gasteiger partial charge < -0.3 is 10.6 Å². The van der Waals surface area contributed by atoms with E-state index < -0.39 is 0 Å². The summed E-state index contributed by atoms with van der Waals surface area (Å²) in [6.07, 6.45) is 6.36. The molecule has 0 saturated carbocycles. The van der Waals surface area contributed by atoms with Crippen molar-refractivity contribution < 1.29 is 0 Å². The summed E-state index contributed by atoms with van der Waals surface area (Å²) in [6.45, 7) is 8.32. The number of aryl methyl sites for hydroxylation is 2. The number of piperidine rings is 1. The largest absolute Gasteiger partial charge is 0.328 e. The number of hydrogen-bond acceptors (Lipinski definition) is 2. The van der Waals surface area contributed by atoms with Crippen molar-refractivity contribution in [3.8, 4) is 0 Å². The number of nitrogens with zero attached hydrogens (tertiary/aromatic N) is 1. The van der Waals surface area contributed by atoms with Crippen molar-refractivity contribution in [3.05, 3.63) is 34.9 Å². The Kier molecular flexibility index (Phi) is 4.66. The van der Waals surface area contributed by atoms with Gasteiger partial charge in [0.1, 0.15) is 0 Å². The first-order valence-corrected chi connectivity index (χ1v) is 8.71. The highest BCUT2D eigenvalue weighted by atomic mass is 15.1. The van der Waals surface area contributed by atoms with Crippen molar-refractivity contribution in [1.29, 1.82) is 0 Å². The highest BCUT2D eigenvalue weighted by molar-refractivity contribution is 5.36. The lowest BCUT2D eigenvalue weighted by Gasteiger charge is -2.35. The first kappa shape index (κ1) is 15.1. The van der Waals surface area contributed by atoms with Crippen molar-refractivity contribution in [2.45, 2.75) is 57.9 Å². The minimum Gasteiger partial charge on any atom is -0.328 e. The van der Waals surface area contributed by atoms with Crippen LogP contribution in [0.1, 0.15) is 55.2 Å². The van der Waals surface area contributed by atoms with Gasteiger partial charge >= 0.3 is 0 Å². The van der Waals surface area contributed by atoms with Crippen molar-refractivity contribution >= 4 is 0 Å². The van der Waals surface area contributed by atoms with Gasteiger partial charge in [0.2, 0.25) is 0 Å². The summed E-state index contributed by atoms with van der Waals surface area (Å²) in [7, 11) is 0. The third kappa shape index (κ3) is 3.49. The van der Waals surface area contributed by atoms with Crippen molar-refractivity contribution in [2.24, 2.45) is 11.7 Å². The predicted octanol–water partition coefficient (Wildman–Crippen LogP) is 3.47. The maximum atomic E-state index is 6.00. The third-order valence-electron chi connectivity index (χ3n) is 5.73. The maximum Gasteiger partial charge on any atom is 0.00631 e. The van der Waals surface area contributed by atoms with Gasteiger partial charge in [-0.25, -0.2) is 0 Å². The summed E-state index contributed by atoms with van der Waals surface area (Å²) in [5, 5.41) is 0. The Morgan fingerprint density at radius 3 is 2.71 bits per heavy atom. The van der Waals surface area contributed by atoms with Gasteiger partial charge in [-0.05, 0) is 81.6 Å². The number of hydrogen-bond donors (Lipinski definition) is 1. The molecule has 21 heavy (non-hydrogen) atoms. The minimum atomic E-state index is 0.449. The van der Waals surface area contributed by atoms with E-state index in [2.05, 4.69) is 36.9 Å². The standard InChI is InChI=1S/C19H30N2/c1-14-3-6-19-15(2)16(4-5-17(19)13-14)7-10-21-11-8-18(20)9-12-21/h3,6,13,15-16,18H,4-5,7-12,20H2,1-2H3. The predicted molar refractivity (Wildman–Crippen MR) is 89.7 cm³/mol. The molecule has 0 aromatic heterocycles. The summed E-state index contributed by atoms with van der Waals surface area (Å²) in [4.78, 5) is 2.63. The number of benzene rings is 1. The second-order valence-corrected chi connectivity index (χ2v) is 7.26. The lowest BCUT2D eigenvalue weighted by Crippen LogP contribution is -2.40. The van der Waals surface area contributed by atoms with Gasteiger partial charge in [0.15, 0.2) is 0 Å². The van der Waals surface area contributed by atoms with Gasteiger partial charge in [-0.2, -0.15) is 0 Å². The van der Waals surface area contributed by atoms with Crippen molar-refractivity contribution in [2.75, 3.05) is 19.6 Å². The molecule has 1 fully saturated rings. The Balaban J connectivity index is 1.56. The fourth-order valence-electron chi connectivity index (χ4n) is 4.16. The summed E-state index contributed by atoms with van der Waals surface area (Å²) in [6, 6.07) is 7.50. The van der Waals surface area contributed by atoms with Gasteiger partial charge in [-0.15, -0.1) is 0 Å². The molecule has 0 bridgehead atoms. The van der Waals surface area contributed by atoms with Crippen LogP contribution in [0.15, 0.2) is 18.2 Å². The lowest BCUT2D eigenvalue weighted by molar-refractivity contribution is 0.191. The highest BCUT2D eigenvalue weighted by Crippen LogP contribution is 2.38. The molecule has 1 saturated heterocycles. The first-order chi connectivity index (χ1) is 10.1. The quantitative estimate of drug-likeness (QED) is 0.922. The third-order valence-corrected chi connectivity index (χ3v) is 5.73. The zero-order valence-corrected chi connectivity index (χ0v) is 13.6. The van der Waals surface area contributed by atoms with Crippen LogP contribution in [0.5, 0.6) is 0 Å². The molecule has 2 nitrogen and oxygen atoms in total. The Morgan fingerprint density at radius 1 is 1.19 bits per heavy atom. The van der Waals surface area contributed by atoms with Gasteiger partial charge in [0.05, 0.1) is 0 Å². The molecular formula is C19H30N2. The maximum absolute atomic E-state index is 6.00. The summed E-state index contributed by atoms with van der Waals surface area (Å²) in [5.41, 5.74) is 10.6. The van der Waals surface area contributed by atoms with E-state index in [0.29, 0.717) is 6.04 Å². The van der Waals surface area contributed by atoms with Gasteiger partial charge in [0, 0.05) is 6.04 Å². The summed E-state index contributed by atoms with van der Waals surface area (Å²) in [5.74, 6) is 1.58. The molecule has 2 N–H and O–H groups in total. The van der Waals surface area contributed by atoms with Crippen LogP contribution >= 0.6 is 0 Å². The van der Waals surface area contributed by atoms with E-state index in [-0.39, 0.29) is 0 Å². The van der Waals surface area contributed by atoms with E-state index >= 15 is 0 Å². The van der Waals surface area contributed by atoms with Crippen LogP contribution in [0, 0.1) is 12.8 Å². The fraction of sp³-hybridized carbons (Fsp3) is 0.684. The first-order valence-electron chi connectivity index (χ1n) is 8.71. The monoisotopic (exact) mass is 286 g/mol. The van der Waals surface area contributed by atoms with E-state index in [4.69, 9.17) is 5.73 Å². The average Bonchev–Trinajstić information content (AvgIpc) is 2.48. The molecule has 1 aliphatic heterocycles. The molecule has 2 aliphatic rings. The molecule has 2 unspecified atom stereocenters. The minimum absolute atomic E-state index is 0.449. The zero-order chi connectivity index (χ0) is 14.8. The fourth-order valence-corrected chi connectivity index (χ4v) is 4.16. The number of likely N-dealkylation sites (tertiary alicyclic amines) is 1. The van der Waals surface area contributed by atoms with Crippen LogP contribution < -0.4 is 5.73 Å². The van der Waals surface area contributed by atoms with Crippen molar-refractivity contribution in [1.82, 2.24) is 4.90 Å².